The van der Waals surface area contributed by atoms with Crippen molar-refractivity contribution in [3.05, 3.63) is 29.8 Å². The van der Waals surface area contributed by atoms with Crippen LogP contribution < -0.4 is 16.4 Å². The van der Waals surface area contributed by atoms with E-state index < -0.39 is 11.4 Å². The van der Waals surface area contributed by atoms with Crippen LogP contribution >= 0.6 is 0 Å². The summed E-state index contributed by atoms with van der Waals surface area (Å²) in [5.74, 6) is -0.456. The first-order valence-electron chi connectivity index (χ1n) is 6.27. The molecule has 1 rings (SSSR count). The Balaban J connectivity index is 2.68. The molecule has 4 nitrogen and oxygen atoms in total. The number of amides is 1. The number of carbonyl (C=O) groups is 1. The van der Waals surface area contributed by atoms with E-state index in [1.807, 2.05) is 0 Å². The van der Waals surface area contributed by atoms with Crippen LogP contribution in [0.1, 0.15) is 25.8 Å². The van der Waals surface area contributed by atoms with E-state index in [0.29, 0.717) is 6.42 Å². The van der Waals surface area contributed by atoms with E-state index in [-0.39, 0.29) is 0 Å². The smallest absolute Gasteiger partial charge is 0.237 e. The predicted octanol–water partition coefficient (Wildman–Crippen LogP) is 1.41. The topological polar surface area (TPSA) is 72.3 Å². The quantitative estimate of drug-likeness (QED) is 0.800. The van der Waals surface area contributed by atoms with Gasteiger partial charge in [0.2, 0.25) is 5.91 Å². The Hall–Kier alpha value is -1.55. The van der Waals surface area contributed by atoms with Crippen molar-refractivity contribution < 1.29 is 4.79 Å². The average molecular weight is 249 g/mol. The maximum Gasteiger partial charge on any atom is 0.237 e. The van der Waals surface area contributed by atoms with Crippen LogP contribution in [0.5, 0.6) is 0 Å². The molecule has 0 heterocycles. The maximum absolute atomic E-state index is 11.2. The largest absolute Gasteiger partial charge is 0.372 e. The third-order valence-electron chi connectivity index (χ3n) is 3.24. The van der Waals surface area contributed by atoms with Crippen molar-refractivity contribution in [2.45, 2.75) is 32.7 Å². The standard InChI is InChI=1S/C14H23N3O/c1-4-17(10-9-14(3,16)13(15)18)12-7-5-11(2)6-8-12/h5-8H,4,9-10,16H2,1-3H3,(H2,15,18). The van der Waals surface area contributed by atoms with Crippen molar-refractivity contribution in [1.29, 1.82) is 0 Å². The molecule has 100 valence electrons. The number of primary amides is 1. The van der Waals surface area contributed by atoms with Gasteiger partial charge in [0.15, 0.2) is 0 Å². The second-order valence-corrected chi connectivity index (χ2v) is 4.95. The van der Waals surface area contributed by atoms with Gasteiger partial charge in [0.25, 0.3) is 0 Å². The van der Waals surface area contributed by atoms with Gasteiger partial charge < -0.3 is 16.4 Å². The normalized spacial score (nSPS) is 14.0. The second kappa shape index (κ2) is 5.87. The van der Waals surface area contributed by atoms with Crippen molar-refractivity contribution in [1.82, 2.24) is 0 Å². The summed E-state index contributed by atoms with van der Waals surface area (Å²) >= 11 is 0. The van der Waals surface area contributed by atoms with Crippen LogP contribution in [0.15, 0.2) is 24.3 Å². The fourth-order valence-corrected chi connectivity index (χ4v) is 1.72. The van der Waals surface area contributed by atoms with Gasteiger partial charge in [0, 0.05) is 18.8 Å². The second-order valence-electron chi connectivity index (χ2n) is 4.95. The van der Waals surface area contributed by atoms with E-state index >= 15 is 0 Å². The van der Waals surface area contributed by atoms with Gasteiger partial charge in [0.05, 0.1) is 5.54 Å². The van der Waals surface area contributed by atoms with Gasteiger partial charge >= 0.3 is 0 Å². The number of benzene rings is 1. The number of aryl methyl sites for hydroxylation is 1. The van der Waals surface area contributed by atoms with Crippen LogP contribution in [-0.2, 0) is 4.79 Å². The Labute approximate surface area is 109 Å². The molecule has 1 amide bonds. The Morgan fingerprint density at radius 3 is 2.33 bits per heavy atom. The number of hydrogen-bond acceptors (Lipinski definition) is 3. The molecule has 0 bridgehead atoms. The summed E-state index contributed by atoms with van der Waals surface area (Å²) in [4.78, 5) is 13.4. The highest BCUT2D eigenvalue weighted by Crippen LogP contribution is 2.17. The molecule has 1 atom stereocenters. The summed E-state index contributed by atoms with van der Waals surface area (Å²) < 4.78 is 0. The lowest BCUT2D eigenvalue weighted by Gasteiger charge is -2.28. The lowest BCUT2D eigenvalue weighted by atomic mass is 9.98. The molecule has 0 aliphatic heterocycles. The number of carbonyl (C=O) groups excluding carboxylic acids is 1. The highest BCUT2D eigenvalue weighted by Gasteiger charge is 2.25. The molecule has 1 unspecified atom stereocenters. The van der Waals surface area contributed by atoms with Crippen LogP contribution in [-0.4, -0.2) is 24.5 Å². The molecule has 0 spiro atoms. The first kappa shape index (κ1) is 14.5. The highest BCUT2D eigenvalue weighted by atomic mass is 16.1. The third-order valence-corrected chi connectivity index (χ3v) is 3.24. The minimum atomic E-state index is -0.946. The van der Waals surface area contributed by atoms with E-state index in [1.54, 1.807) is 6.92 Å². The summed E-state index contributed by atoms with van der Waals surface area (Å²) in [6.45, 7) is 7.41. The number of nitrogens with two attached hydrogens (primary N) is 2. The average Bonchev–Trinajstić information content (AvgIpc) is 2.31. The molecule has 0 aliphatic carbocycles. The Morgan fingerprint density at radius 1 is 1.33 bits per heavy atom. The summed E-state index contributed by atoms with van der Waals surface area (Å²) in [5, 5.41) is 0. The van der Waals surface area contributed by atoms with Crippen molar-refractivity contribution in [3.8, 4) is 0 Å². The summed E-state index contributed by atoms with van der Waals surface area (Å²) in [6.07, 6.45) is 0.546. The Morgan fingerprint density at radius 2 is 1.89 bits per heavy atom. The van der Waals surface area contributed by atoms with Gasteiger partial charge in [0.1, 0.15) is 0 Å². The molecule has 0 saturated carbocycles. The van der Waals surface area contributed by atoms with E-state index in [4.69, 9.17) is 11.5 Å². The molecule has 18 heavy (non-hydrogen) atoms. The maximum atomic E-state index is 11.2. The van der Waals surface area contributed by atoms with E-state index in [2.05, 4.69) is 43.0 Å². The molecular weight excluding hydrogens is 226 g/mol. The number of hydrogen-bond donors (Lipinski definition) is 2. The highest BCUT2D eigenvalue weighted by molar-refractivity contribution is 5.83. The lowest BCUT2D eigenvalue weighted by molar-refractivity contribution is -0.122. The molecule has 4 N–H and O–H groups in total. The minimum absolute atomic E-state index is 0.456. The predicted molar refractivity (Wildman–Crippen MR) is 75.5 cm³/mol. The first-order valence-corrected chi connectivity index (χ1v) is 6.27. The molecule has 0 fully saturated rings. The summed E-state index contributed by atoms with van der Waals surface area (Å²) in [6, 6.07) is 8.31. The number of nitrogens with zero attached hydrogens (tertiary/aromatic N) is 1. The van der Waals surface area contributed by atoms with E-state index in [1.165, 1.54) is 5.56 Å². The Bertz CT molecular complexity index is 398. The fraction of sp³-hybridized carbons (Fsp3) is 0.500. The van der Waals surface area contributed by atoms with Crippen molar-refractivity contribution >= 4 is 11.6 Å². The summed E-state index contributed by atoms with van der Waals surface area (Å²) in [5.41, 5.74) is 12.6. The monoisotopic (exact) mass is 249 g/mol. The van der Waals surface area contributed by atoms with Gasteiger partial charge in [-0.05, 0) is 39.3 Å². The van der Waals surface area contributed by atoms with Crippen molar-refractivity contribution in [2.75, 3.05) is 18.0 Å². The number of rotatable bonds is 6. The van der Waals surface area contributed by atoms with Crippen LogP contribution in [0, 0.1) is 6.92 Å². The van der Waals surface area contributed by atoms with Crippen LogP contribution in [0.4, 0.5) is 5.69 Å². The zero-order valence-electron chi connectivity index (χ0n) is 11.4. The van der Waals surface area contributed by atoms with Gasteiger partial charge in [-0.25, -0.2) is 0 Å². The van der Waals surface area contributed by atoms with Crippen LogP contribution in [0.2, 0.25) is 0 Å². The lowest BCUT2D eigenvalue weighted by Crippen LogP contribution is -2.51. The Kier molecular flexibility index (Phi) is 4.73. The fourth-order valence-electron chi connectivity index (χ4n) is 1.72. The van der Waals surface area contributed by atoms with Crippen molar-refractivity contribution in [2.24, 2.45) is 11.5 Å². The first-order chi connectivity index (χ1) is 8.36. The summed E-state index contributed by atoms with van der Waals surface area (Å²) in [7, 11) is 0. The van der Waals surface area contributed by atoms with Gasteiger partial charge in [-0.15, -0.1) is 0 Å². The van der Waals surface area contributed by atoms with Gasteiger partial charge in [-0.3, -0.25) is 4.79 Å². The molecule has 1 aromatic rings. The molecule has 0 aromatic heterocycles. The van der Waals surface area contributed by atoms with Gasteiger partial charge in [-0.2, -0.15) is 0 Å². The van der Waals surface area contributed by atoms with Crippen LogP contribution in [0.3, 0.4) is 0 Å². The van der Waals surface area contributed by atoms with Gasteiger partial charge in [-0.1, -0.05) is 17.7 Å². The molecule has 0 aliphatic rings. The number of anilines is 1. The minimum Gasteiger partial charge on any atom is -0.372 e. The molecule has 0 radical (unpaired) electrons. The SMILES string of the molecule is CCN(CCC(C)(N)C(N)=O)c1ccc(C)cc1. The van der Waals surface area contributed by atoms with Crippen LogP contribution in [0.25, 0.3) is 0 Å². The molecule has 4 heteroatoms. The zero-order chi connectivity index (χ0) is 13.8. The molecule has 0 saturated heterocycles. The third kappa shape index (κ3) is 3.74. The molecule has 1 aromatic carbocycles. The van der Waals surface area contributed by atoms with E-state index in [0.717, 1.165) is 18.8 Å². The molecular formula is C14H23N3O. The van der Waals surface area contributed by atoms with Crippen molar-refractivity contribution in [3.63, 3.8) is 0 Å². The van der Waals surface area contributed by atoms with E-state index in [9.17, 15) is 4.79 Å². The zero-order valence-corrected chi connectivity index (χ0v) is 11.4.